The third kappa shape index (κ3) is 6.31. The molecular weight excluding hydrogens is 396 g/mol. The van der Waals surface area contributed by atoms with Crippen LogP contribution in [0, 0.1) is 0 Å². The van der Waals surface area contributed by atoms with Gasteiger partial charge >= 0.3 is 0 Å². The van der Waals surface area contributed by atoms with Crippen molar-refractivity contribution < 1.29 is 4.79 Å². The molecule has 0 radical (unpaired) electrons. The number of benzene rings is 2. The highest BCUT2D eigenvalue weighted by atomic mass is 35.5. The molecule has 1 amide bonds. The average molecular weight is 425 g/mol. The van der Waals surface area contributed by atoms with Gasteiger partial charge in [0.1, 0.15) is 5.82 Å². The first kappa shape index (κ1) is 23.4. The summed E-state index contributed by atoms with van der Waals surface area (Å²) < 4.78 is 0. The Morgan fingerprint density at radius 2 is 1.73 bits per heavy atom. The van der Waals surface area contributed by atoms with Crippen LogP contribution in [0.2, 0.25) is 5.02 Å². The number of nitrogens with one attached hydrogen (secondary N) is 1. The van der Waals surface area contributed by atoms with Gasteiger partial charge in [-0.25, -0.2) is 4.98 Å². The number of amides is 1. The number of nitrogen functional groups attached to an aromatic ring is 1. The Morgan fingerprint density at radius 3 is 2.43 bits per heavy atom. The first-order valence-electron chi connectivity index (χ1n) is 9.99. The summed E-state index contributed by atoms with van der Waals surface area (Å²) in [7, 11) is 3.94. The minimum absolute atomic E-state index is 0.0952. The number of rotatable bonds is 6. The molecule has 3 rings (SSSR count). The normalized spacial score (nSPS) is 10.3. The molecular formula is C24H29ClN4O. The first-order chi connectivity index (χ1) is 14.4. The fraction of sp³-hybridized carbons (Fsp3) is 0.250. The molecule has 5 nitrogen and oxygen atoms in total. The smallest absolute Gasteiger partial charge is 0.251 e. The highest BCUT2D eigenvalue weighted by molar-refractivity contribution is 6.30. The van der Waals surface area contributed by atoms with E-state index in [0.717, 1.165) is 28.8 Å². The van der Waals surface area contributed by atoms with E-state index in [9.17, 15) is 4.79 Å². The Kier molecular flexibility index (Phi) is 8.84. The molecule has 0 aliphatic carbocycles. The van der Waals surface area contributed by atoms with E-state index in [1.165, 1.54) is 0 Å². The van der Waals surface area contributed by atoms with Gasteiger partial charge in [-0.05, 0) is 55.6 Å². The number of halogens is 1. The summed E-state index contributed by atoms with van der Waals surface area (Å²) in [5.74, 6) is 0.339. The predicted octanol–water partition coefficient (Wildman–Crippen LogP) is 4.97. The Balaban J connectivity index is 0.00000155. The van der Waals surface area contributed by atoms with Crippen molar-refractivity contribution in [2.45, 2.75) is 13.8 Å². The van der Waals surface area contributed by atoms with Crippen LogP contribution in [-0.2, 0) is 0 Å². The van der Waals surface area contributed by atoms with Crippen LogP contribution in [0.25, 0.3) is 22.3 Å². The lowest BCUT2D eigenvalue weighted by Crippen LogP contribution is -2.31. The standard InChI is InChI=1S/C22H23ClN4O.C2H6/c1-27(2)10-9-25-22(28)17-7-3-5-15(11-17)18-13-20(21(24)26-14-18)16-6-4-8-19(23)12-16;1-2/h3-8,11-14H,9-10H2,1-2H3,(H2,24,26)(H,25,28);1-2H3. The maximum absolute atomic E-state index is 12.4. The van der Waals surface area contributed by atoms with Gasteiger partial charge in [0.05, 0.1) is 0 Å². The molecule has 0 unspecified atom stereocenters. The molecule has 0 aliphatic rings. The quantitative estimate of drug-likeness (QED) is 0.586. The average Bonchev–Trinajstić information content (AvgIpc) is 2.75. The lowest BCUT2D eigenvalue weighted by atomic mass is 9.99. The maximum Gasteiger partial charge on any atom is 0.251 e. The van der Waals surface area contributed by atoms with Gasteiger partial charge in [-0.1, -0.05) is 49.7 Å². The largest absolute Gasteiger partial charge is 0.383 e. The fourth-order valence-corrected chi connectivity index (χ4v) is 3.05. The van der Waals surface area contributed by atoms with Gasteiger partial charge < -0.3 is 16.0 Å². The van der Waals surface area contributed by atoms with Crippen molar-refractivity contribution in [2.75, 3.05) is 32.9 Å². The van der Waals surface area contributed by atoms with Crippen LogP contribution in [0.1, 0.15) is 24.2 Å². The maximum atomic E-state index is 12.4. The molecule has 30 heavy (non-hydrogen) atoms. The summed E-state index contributed by atoms with van der Waals surface area (Å²) in [6.07, 6.45) is 1.71. The van der Waals surface area contributed by atoms with Crippen molar-refractivity contribution in [3.05, 3.63) is 71.4 Å². The first-order valence-corrected chi connectivity index (χ1v) is 10.4. The van der Waals surface area contributed by atoms with E-state index in [2.05, 4.69) is 10.3 Å². The number of likely N-dealkylation sites (N-methyl/N-ethyl adjacent to an activating group) is 1. The Bertz CT molecular complexity index is 988. The Morgan fingerprint density at radius 1 is 1.03 bits per heavy atom. The van der Waals surface area contributed by atoms with Crippen LogP contribution in [-0.4, -0.2) is 43.0 Å². The number of hydrogen-bond donors (Lipinski definition) is 2. The zero-order chi connectivity index (χ0) is 22.1. The summed E-state index contributed by atoms with van der Waals surface area (Å²) in [6.45, 7) is 5.38. The van der Waals surface area contributed by atoms with Crippen LogP contribution in [0.5, 0.6) is 0 Å². The van der Waals surface area contributed by atoms with Gasteiger partial charge in [-0.15, -0.1) is 0 Å². The summed E-state index contributed by atoms with van der Waals surface area (Å²) in [6, 6.07) is 16.9. The molecule has 0 bridgehead atoms. The van der Waals surface area contributed by atoms with E-state index in [1.807, 2.05) is 81.4 Å². The highest BCUT2D eigenvalue weighted by Gasteiger charge is 2.10. The summed E-state index contributed by atoms with van der Waals surface area (Å²) in [5.41, 5.74) is 10.2. The second kappa shape index (κ2) is 11.3. The second-order valence-electron chi connectivity index (χ2n) is 6.81. The van der Waals surface area contributed by atoms with E-state index in [0.29, 0.717) is 22.9 Å². The molecule has 2 aromatic carbocycles. The monoisotopic (exact) mass is 424 g/mol. The number of carbonyl (C=O) groups is 1. The fourth-order valence-electron chi connectivity index (χ4n) is 2.86. The molecule has 3 aromatic rings. The molecule has 6 heteroatoms. The minimum atomic E-state index is -0.0952. The van der Waals surface area contributed by atoms with Crippen molar-refractivity contribution in [3.8, 4) is 22.3 Å². The topological polar surface area (TPSA) is 71.2 Å². The van der Waals surface area contributed by atoms with Gasteiger partial charge in [0.15, 0.2) is 0 Å². The summed E-state index contributed by atoms with van der Waals surface area (Å²) in [5, 5.41) is 3.57. The van der Waals surface area contributed by atoms with E-state index in [-0.39, 0.29) is 5.91 Å². The van der Waals surface area contributed by atoms with Gasteiger partial charge in [0.2, 0.25) is 0 Å². The van der Waals surface area contributed by atoms with Crippen LogP contribution in [0.3, 0.4) is 0 Å². The molecule has 1 heterocycles. The zero-order valence-electron chi connectivity index (χ0n) is 17.9. The SMILES string of the molecule is CC.CN(C)CCNC(=O)c1cccc(-c2cnc(N)c(-c3cccc(Cl)c3)c2)c1. The summed E-state index contributed by atoms with van der Waals surface area (Å²) in [4.78, 5) is 18.8. The third-order valence-corrected chi connectivity index (χ3v) is 4.59. The highest BCUT2D eigenvalue weighted by Crippen LogP contribution is 2.31. The zero-order valence-corrected chi connectivity index (χ0v) is 18.7. The number of hydrogen-bond acceptors (Lipinski definition) is 4. The van der Waals surface area contributed by atoms with Gasteiger partial charge in [0.25, 0.3) is 5.91 Å². The molecule has 0 aliphatic heterocycles. The molecule has 1 aromatic heterocycles. The number of anilines is 1. The van der Waals surface area contributed by atoms with Crippen molar-refractivity contribution in [1.82, 2.24) is 15.2 Å². The summed E-state index contributed by atoms with van der Waals surface area (Å²) >= 11 is 6.11. The van der Waals surface area contributed by atoms with E-state index in [1.54, 1.807) is 12.3 Å². The van der Waals surface area contributed by atoms with Crippen molar-refractivity contribution >= 4 is 23.3 Å². The molecule has 0 saturated carbocycles. The number of carbonyl (C=O) groups excluding carboxylic acids is 1. The van der Waals surface area contributed by atoms with Gasteiger partial charge in [-0.2, -0.15) is 0 Å². The van der Waals surface area contributed by atoms with Crippen LogP contribution in [0.4, 0.5) is 5.82 Å². The molecule has 0 saturated heterocycles. The number of nitrogens with two attached hydrogens (primary N) is 1. The van der Waals surface area contributed by atoms with Crippen molar-refractivity contribution in [2.24, 2.45) is 0 Å². The van der Waals surface area contributed by atoms with Crippen LogP contribution >= 0.6 is 11.6 Å². The van der Waals surface area contributed by atoms with Crippen molar-refractivity contribution in [1.29, 1.82) is 0 Å². The number of pyridine rings is 1. The lowest BCUT2D eigenvalue weighted by molar-refractivity contribution is 0.0951. The predicted molar refractivity (Wildman–Crippen MR) is 127 cm³/mol. The molecule has 3 N–H and O–H groups in total. The van der Waals surface area contributed by atoms with Crippen LogP contribution < -0.4 is 11.1 Å². The Hall–Kier alpha value is -2.89. The van der Waals surface area contributed by atoms with Gasteiger partial charge in [-0.3, -0.25) is 4.79 Å². The van der Waals surface area contributed by atoms with E-state index < -0.39 is 0 Å². The molecule has 0 spiro atoms. The van der Waals surface area contributed by atoms with Crippen LogP contribution in [0.15, 0.2) is 60.8 Å². The third-order valence-electron chi connectivity index (χ3n) is 4.36. The number of aromatic nitrogens is 1. The minimum Gasteiger partial charge on any atom is -0.383 e. The molecule has 0 fully saturated rings. The molecule has 0 atom stereocenters. The number of nitrogens with zero attached hydrogens (tertiary/aromatic N) is 2. The van der Waals surface area contributed by atoms with Crippen molar-refractivity contribution in [3.63, 3.8) is 0 Å². The second-order valence-corrected chi connectivity index (χ2v) is 7.24. The molecule has 158 valence electrons. The lowest BCUT2D eigenvalue weighted by Gasteiger charge is -2.12. The van der Waals surface area contributed by atoms with Gasteiger partial charge in [0, 0.05) is 41.0 Å². The Labute approximate surface area is 183 Å². The van der Waals surface area contributed by atoms with E-state index in [4.69, 9.17) is 17.3 Å². The van der Waals surface area contributed by atoms with E-state index >= 15 is 0 Å².